The lowest BCUT2D eigenvalue weighted by Crippen LogP contribution is -2.29. The largest absolute Gasteiger partial charge is 0.507 e. The van der Waals surface area contributed by atoms with Crippen molar-refractivity contribution in [3.8, 4) is 5.75 Å². The molecule has 5 aromatic rings. The fourth-order valence-corrected chi connectivity index (χ4v) is 7.11. The zero-order valence-corrected chi connectivity index (χ0v) is 28.1. The standard InChI is InChI=1S/C37H34N4O4S2/c1-23-9-11-25(12-10-23)22-46-37-39-38-36(47-37)41-32(26-13-17-29(18-14-26)40(3)4)31(34(43)35(41)44)33(42)27-15-19-30(20-16-27)45-21-28-8-6-5-7-24(28)2/h5-20,32,42H,21-22H2,1-4H3. The van der Waals surface area contributed by atoms with Crippen molar-refractivity contribution in [2.24, 2.45) is 0 Å². The lowest BCUT2D eigenvalue weighted by atomic mass is 9.95. The van der Waals surface area contributed by atoms with E-state index in [1.165, 1.54) is 33.6 Å². The van der Waals surface area contributed by atoms with Gasteiger partial charge in [-0.2, -0.15) is 0 Å². The fourth-order valence-electron chi connectivity index (χ4n) is 5.29. The molecule has 1 N–H and O–H groups in total. The maximum Gasteiger partial charge on any atom is 0.301 e. The Kier molecular flexibility index (Phi) is 9.42. The minimum Gasteiger partial charge on any atom is -0.507 e. The van der Waals surface area contributed by atoms with Gasteiger partial charge >= 0.3 is 5.91 Å². The first-order chi connectivity index (χ1) is 22.7. The Morgan fingerprint density at radius 2 is 1.62 bits per heavy atom. The Balaban J connectivity index is 1.31. The molecule has 238 valence electrons. The number of aliphatic hydroxyl groups is 1. The van der Waals surface area contributed by atoms with Crippen LogP contribution in [0.15, 0.2) is 107 Å². The number of carbonyl (C=O) groups is 2. The van der Waals surface area contributed by atoms with Gasteiger partial charge in [0.05, 0.1) is 11.6 Å². The number of Topliss-reactive ketones (excluding diaryl/α,β-unsaturated/α-hetero) is 1. The quantitative estimate of drug-likeness (QED) is 0.0534. The molecule has 47 heavy (non-hydrogen) atoms. The first-order valence-electron chi connectivity index (χ1n) is 15.1. The molecule has 4 aromatic carbocycles. The van der Waals surface area contributed by atoms with E-state index in [-0.39, 0.29) is 11.3 Å². The number of hydrogen-bond donors (Lipinski definition) is 1. The van der Waals surface area contributed by atoms with Gasteiger partial charge in [-0.1, -0.05) is 89.3 Å². The number of aryl methyl sites for hydroxylation is 2. The predicted molar refractivity (Wildman–Crippen MR) is 188 cm³/mol. The highest BCUT2D eigenvalue weighted by molar-refractivity contribution is 8.00. The normalized spacial score (nSPS) is 15.7. The maximum absolute atomic E-state index is 13.7. The van der Waals surface area contributed by atoms with Crippen molar-refractivity contribution in [3.05, 3.63) is 136 Å². The number of nitrogens with zero attached hydrogens (tertiary/aromatic N) is 4. The smallest absolute Gasteiger partial charge is 0.301 e. The van der Waals surface area contributed by atoms with E-state index in [1.807, 2.05) is 81.4 Å². The van der Waals surface area contributed by atoms with Crippen LogP contribution >= 0.6 is 23.1 Å². The van der Waals surface area contributed by atoms with Crippen molar-refractivity contribution >= 4 is 51.4 Å². The minimum absolute atomic E-state index is 0.00904. The number of ketones is 1. The predicted octanol–water partition coefficient (Wildman–Crippen LogP) is 7.72. The summed E-state index contributed by atoms with van der Waals surface area (Å²) in [6, 6.07) is 29.8. The van der Waals surface area contributed by atoms with Crippen LogP contribution in [-0.2, 0) is 21.9 Å². The highest BCUT2D eigenvalue weighted by Crippen LogP contribution is 2.44. The molecule has 6 rings (SSSR count). The molecule has 1 aliphatic heterocycles. The molecule has 1 aliphatic rings. The van der Waals surface area contributed by atoms with Crippen molar-refractivity contribution < 1.29 is 19.4 Å². The van der Waals surface area contributed by atoms with E-state index in [0.29, 0.717) is 38.7 Å². The third-order valence-electron chi connectivity index (χ3n) is 8.04. The van der Waals surface area contributed by atoms with Crippen molar-refractivity contribution in [2.45, 2.75) is 36.6 Å². The van der Waals surface area contributed by atoms with Gasteiger partial charge in [0.25, 0.3) is 5.78 Å². The van der Waals surface area contributed by atoms with Gasteiger partial charge in [-0.3, -0.25) is 14.5 Å². The Bertz CT molecular complexity index is 1930. The second-order valence-electron chi connectivity index (χ2n) is 11.5. The van der Waals surface area contributed by atoms with Gasteiger partial charge in [-0.15, -0.1) is 10.2 Å². The summed E-state index contributed by atoms with van der Waals surface area (Å²) in [5, 5.41) is 20.6. The average Bonchev–Trinajstić information content (AvgIpc) is 3.65. The SMILES string of the molecule is Cc1ccc(CSc2nnc(N3C(=O)C(=O)C(=C(O)c4ccc(OCc5ccccc5C)cc4)C3c3ccc(N(C)C)cc3)s2)cc1. The first-order valence-corrected chi connectivity index (χ1v) is 16.9. The van der Waals surface area contributed by atoms with Crippen LogP contribution in [0, 0.1) is 13.8 Å². The second kappa shape index (κ2) is 13.8. The van der Waals surface area contributed by atoms with E-state index in [1.54, 1.807) is 24.3 Å². The van der Waals surface area contributed by atoms with Gasteiger partial charge in [0.15, 0.2) is 4.34 Å². The van der Waals surface area contributed by atoms with E-state index < -0.39 is 17.7 Å². The number of aliphatic hydroxyl groups excluding tert-OH is 1. The number of benzene rings is 4. The van der Waals surface area contributed by atoms with E-state index in [0.717, 1.165) is 22.4 Å². The van der Waals surface area contributed by atoms with Crippen LogP contribution in [0.1, 0.15) is 39.4 Å². The highest BCUT2D eigenvalue weighted by Gasteiger charge is 2.48. The van der Waals surface area contributed by atoms with Crippen LogP contribution in [-0.4, -0.2) is 41.1 Å². The maximum atomic E-state index is 13.7. The van der Waals surface area contributed by atoms with Gasteiger partial charge in [0.1, 0.15) is 18.1 Å². The summed E-state index contributed by atoms with van der Waals surface area (Å²) < 4.78 is 6.65. The van der Waals surface area contributed by atoms with Crippen LogP contribution in [0.25, 0.3) is 5.76 Å². The number of rotatable bonds is 10. The number of thioether (sulfide) groups is 1. The van der Waals surface area contributed by atoms with Crippen LogP contribution < -0.4 is 14.5 Å². The molecule has 0 radical (unpaired) electrons. The number of anilines is 2. The summed E-state index contributed by atoms with van der Waals surface area (Å²) in [5.74, 6) is -0.513. The monoisotopic (exact) mass is 662 g/mol. The van der Waals surface area contributed by atoms with Gasteiger partial charge in [-0.25, -0.2) is 0 Å². The molecule has 1 fully saturated rings. The summed E-state index contributed by atoms with van der Waals surface area (Å²) in [7, 11) is 3.87. The molecule has 0 aliphatic carbocycles. The van der Waals surface area contributed by atoms with Crippen molar-refractivity contribution in [1.82, 2.24) is 10.2 Å². The molecule has 0 spiro atoms. The molecule has 1 atom stereocenters. The van der Waals surface area contributed by atoms with E-state index in [2.05, 4.69) is 34.5 Å². The molecule has 1 unspecified atom stereocenters. The Labute approximate surface area is 282 Å². The summed E-state index contributed by atoms with van der Waals surface area (Å²) >= 11 is 2.76. The first kappa shape index (κ1) is 32.0. The molecule has 10 heteroatoms. The third kappa shape index (κ3) is 6.94. The van der Waals surface area contributed by atoms with Gasteiger partial charge in [-0.05, 0) is 72.5 Å². The van der Waals surface area contributed by atoms with Crippen LogP contribution in [0.3, 0.4) is 0 Å². The summed E-state index contributed by atoms with van der Waals surface area (Å²) in [6.45, 7) is 4.48. The van der Waals surface area contributed by atoms with Crippen LogP contribution in [0.4, 0.5) is 10.8 Å². The molecule has 2 heterocycles. The molecule has 0 saturated carbocycles. The van der Waals surface area contributed by atoms with Gasteiger partial charge < -0.3 is 14.7 Å². The Morgan fingerprint density at radius 3 is 2.30 bits per heavy atom. The number of aromatic nitrogens is 2. The van der Waals surface area contributed by atoms with Gasteiger partial charge in [0, 0.05) is 31.1 Å². The molecular formula is C37H34N4O4S2. The summed E-state index contributed by atoms with van der Waals surface area (Å²) in [4.78, 5) is 30.7. The van der Waals surface area contributed by atoms with Crippen molar-refractivity contribution in [3.63, 3.8) is 0 Å². The highest BCUT2D eigenvalue weighted by atomic mass is 32.2. The molecule has 1 aromatic heterocycles. The minimum atomic E-state index is -0.897. The van der Waals surface area contributed by atoms with Crippen molar-refractivity contribution in [2.75, 3.05) is 23.9 Å². The second-order valence-corrected chi connectivity index (χ2v) is 13.7. The number of amides is 1. The third-order valence-corrected chi connectivity index (χ3v) is 10.2. The molecule has 8 nitrogen and oxygen atoms in total. The van der Waals surface area contributed by atoms with E-state index in [9.17, 15) is 14.7 Å². The number of hydrogen-bond acceptors (Lipinski definition) is 9. The lowest BCUT2D eigenvalue weighted by Gasteiger charge is -2.23. The van der Waals surface area contributed by atoms with E-state index in [4.69, 9.17) is 4.74 Å². The number of carbonyl (C=O) groups excluding carboxylic acids is 2. The fraction of sp³-hybridized carbons (Fsp3) is 0.189. The molecule has 0 bridgehead atoms. The number of ether oxygens (including phenoxy) is 1. The Morgan fingerprint density at radius 1 is 0.915 bits per heavy atom. The average molecular weight is 663 g/mol. The zero-order chi connectivity index (χ0) is 33.1. The zero-order valence-electron chi connectivity index (χ0n) is 26.5. The molecule has 1 amide bonds. The topological polar surface area (TPSA) is 95.9 Å². The lowest BCUT2D eigenvalue weighted by molar-refractivity contribution is -0.132. The summed E-state index contributed by atoms with van der Waals surface area (Å²) in [5.41, 5.74) is 6.55. The van der Waals surface area contributed by atoms with Crippen LogP contribution in [0.5, 0.6) is 5.75 Å². The Hall–Kier alpha value is -4.93. The van der Waals surface area contributed by atoms with E-state index >= 15 is 0 Å². The van der Waals surface area contributed by atoms with Gasteiger partial charge in [0.2, 0.25) is 5.13 Å². The van der Waals surface area contributed by atoms with Crippen LogP contribution in [0.2, 0.25) is 0 Å². The van der Waals surface area contributed by atoms with Crippen molar-refractivity contribution in [1.29, 1.82) is 0 Å². The molecule has 1 saturated heterocycles. The molecular weight excluding hydrogens is 629 g/mol. The summed E-state index contributed by atoms with van der Waals surface area (Å²) in [6.07, 6.45) is 0.